The van der Waals surface area contributed by atoms with E-state index in [2.05, 4.69) is 44.8 Å². The van der Waals surface area contributed by atoms with Crippen LogP contribution in [0.1, 0.15) is 11.4 Å². The number of nitrogens with zero attached hydrogens (tertiary/aromatic N) is 5. The fraction of sp³-hybridized carbons (Fsp3) is 0.111. The van der Waals surface area contributed by atoms with Gasteiger partial charge in [0.25, 0.3) is 0 Å². The maximum atomic E-state index is 4.50. The minimum absolute atomic E-state index is 0.741. The second-order valence-corrected chi connectivity index (χ2v) is 6.31. The quantitative estimate of drug-likeness (QED) is 0.558. The van der Waals surface area contributed by atoms with Crippen molar-refractivity contribution in [3.8, 4) is 5.69 Å². The summed E-state index contributed by atoms with van der Waals surface area (Å²) in [5.41, 5.74) is 3.27. The van der Waals surface area contributed by atoms with Crippen LogP contribution in [0, 0.1) is 0 Å². The van der Waals surface area contributed by atoms with E-state index in [9.17, 15) is 0 Å². The van der Waals surface area contributed by atoms with Crippen molar-refractivity contribution in [1.82, 2.24) is 25.2 Å². The maximum absolute atomic E-state index is 4.50. The molecule has 0 saturated heterocycles. The summed E-state index contributed by atoms with van der Waals surface area (Å²) in [6, 6.07) is 20.3. The van der Waals surface area contributed by atoms with Gasteiger partial charge in [-0.15, -0.1) is 16.9 Å². The van der Waals surface area contributed by atoms with Gasteiger partial charge in [0, 0.05) is 17.3 Å². The van der Waals surface area contributed by atoms with E-state index in [-0.39, 0.29) is 0 Å². The third-order valence-corrected chi connectivity index (χ3v) is 4.72. The number of rotatable bonds is 5. The second kappa shape index (κ2) is 6.80. The molecule has 0 amide bonds. The Kier molecular flexibility index (Phi) is 4.20. The van der Waals surface area contributed by atoms with Gasteiger partial charge in [-0.2, -0.15) is 4.68 Å². The van der Waals surface area contributed by atoms with Gasteiger partial charge in [0.1, 0.15) is 0 Å². The molecule has 0 atom stereocenters. The number of benzene rings is 2. The molecule has 0 unspecified atom stereocenters. The Balaban J connectivity index is 1.50. The normalized spacial score (nSPS) is 11.0. The Morgan fingerprint density at radius 1 is 0.875 bits per heavy atom. The number of thioether (sulfide) groups is 1. The van der Waals surface area contributed by atoms with Gasteiger partial charge in [0.05, 0.1) is 17.0 Å². The Bertz CT molecular complexity index is 946. The van der Waals surface area contributed by atoms with Crippen LogP contribution in [0.2, 0.25) is 0 Å². The van der Waals surface area contributed by atoms with Gasteiger partial charge in [0.2, 0.25) is 0 Å². The number of tetrazole rings is 1. The molecule has 5 nitrogen and oxygen atoms in total. The van der Waals surface area contributed by atoms with Crippen molar-refractivity contribution < 1.29 is 0 Å². The predicted octanol–water partition coefficient (Wildman–Crippen LogP) is 3.64. The van der Waals surface area contributed by atoms with Gasteiger partial charge in [-0.05, 0) is 34.2 Å². The Morgan fingerprint density at radius 2 is 1.75 bits per heavy atom. The van der Waals surface area contributed by atoms with Crippen molar-refractivity contribution >= 4 is 22.7 Å². The summed E-state index contributed by atoms with van der Waals surface area (Å²) in [7, 11) is 0. The molecule has 0 radical (unpaired) electrons. The topological polar surface area (TPSA) is 56.5 Å². The Labute approximate surface area is 143 Å². The molecule has 118 valence electrons. The minimum Gasteiger partial charge on any atom is -0.256 e. The van der Waals surface area contributed by atoms with Crippen molar-refractivity contribution in [2.75, 3.05) is 0 Å². The highest BCUT2D eigenvalue weighted by Crippen LogP contribution is 2.23. The van der Waals surface area contributed by atoms with Crippen LogP contribution in [0.3, 0.4) is 0 Å². The summed E-state index contributed by atoms with van der Waals surface area (Å²) >= 11 is 1.78. The molecular formula is C18H15N5S. The zero-order valence-corrected chi connectivity index (χ0v) is 13.7. The smallest absolute Gasteiger partial charge is 0.166 e. The molecule has 2 heterocycles. The summed E-state index contributed by atoms with van der Waals surface area (Å²) in [6.07, 6.45) is 1.84. The zero-order valence-electron chi connectivity index (χ0n) is 12.9. The highest BCUT2D eigenvalue weighted by Gasteiger charge is 2.09. The van der Waals surface area contributed by atoms with E-state index < -0.39 is 0 Å². The molecular weight excluding hydrogens is 318 g/mol. The Morgan fingerprint density at radius 3 is 2.67 bits per heavy atom. The van der Waals surface area contributed by atoms with Crippen LogP contribution in [0.4, 0.5) is 0 Å². The molecule has 2 aromatic heterocycles. The van der Waals surface area contributed by atoms with E-state index in [0.29, 0.717) is 0 Å². The summed E-state index contributed by atoms with van der Waals surface area (Å²) in [4.78, 5) is 4.50. The first kappa shape index (κ1) is 14.8. The number of hydrogen-bond donors (Lipinski definition) is 0. The van der Waals surface area contributed by atoms with Gasteiger partial charge in [-0.25, -0.2) is 0 Å². The van der Waals surface area contributed by atoms with Crippen molar-refractivity contribution in [2.24, 2.45) is 0 Å². The molecule has 6 heteroatoms. The van der Waals surface area contributed by atoms with Gasteiger partial charge in [0.15, 0.2) is 5.82 Å². The zero-order chi connectivity index (χ0) is 16.2. The van der Waals surface area contributed by atoms with Gasteiger partial charge in [-0.1, -0.05) is 42.5 Å². The lowest BCUT2D eigenvalue weighted by Crippen LogP contribution is -2.02. The molecule has 0 N–H and O–H groups in total. The molecule has 24 heavy (non-hydrogen) atoms. The summed E-state index contributed by atoms with van der Waals surface area (Å²) in [5, 5.41) is 13.2. The van der Waals surface area contributed by atoms with Crippen molar-refractivity contribution in [3.05, 3.63) is 78.2 Å². The maximum Gasteiger partial charge on any atom is 0.166 e. The molecule has 0 aliphatic carbocycles. The van der Waals surface area contributed by atoms with E-state index >= 15 is 0 Å². The van der Waals surface area contributed by atoms with E-state index in [1.807, 2.05) is 42.6 Å². The molecule has 0 fully saturated rings. The monoisotopic (exact) mass is 333 g/mol. The standard InChI is InChI=1S/C18H15N5S/c1-2-9-16(10-3-1)23-17(20-21-22-23)13-24-12-15-7-4-6-14-8-5-11-19-18(14)15/h1-11H,12-13H2. The second-order valence-electron chi connectivity index (χ2n) is 5.33. The molecule has 0 aliphatic heterocycles. The lowest BCUT2D eigenvalue weighted by molar-refractivity contribution is 0.777. The molecule has 4 rings (SSSR count). The van der Waals surface area contributed by atoms with Crippen molar-refractivity contribution in [3.63, 3.8) is 0 Å². The number of para-hydroxylation sites is 2. The summed E-state index contributed by atoms with van der Waals surface area (Å²) in [5.74, 6) is 2.46. The lowest BCUT2D eigenvalue weighted by Gasteiger charge is -2.06. The third-order valence-electron chi connectivity index (χ3n) is 3.74. The van der Waals surface area contributed by atoms with Crippen LogP contribution in [0.5, 0.6) is 0 Å². The van der Waals surface area contributed by atoms with E-state index in [4.69, 9.17) is 0 Å². The molecule has 0 bridgehead atoms. The lowest BCUT2D eigenvalue weighted by atomic mass is 10.1. The average molecular weight is 333 g/mol. The number of pyridine rings is 1. The average Bonchev–Trinajstić information content (AvgIpc) is 3.11. The first-order chi connectivity index (χ1) is 11.9. The first-order valence-electron chi connectivity index (χ1n) is 7.65. The predicted molar refractivity (Wildman–Crippen MR) is 95.9 cm³/mol. The van der Waals surface area contributed by atoms with Crippen LogP contribution in [0.25, 0.3) is 16.6 Å². The number of aromatic nitrogens is 5. The van der Waals surface area contributed by atoms with E-state index in [1.165, 1.54) is 10.9 Å². The highest BCUT2D eigenvalue weighted by molar-refractivity contribution is 7.97. The highest BCUT2D eigenvalue weighted by atomic mass is 32.2. The van der Waals surface area contributed by atoms with E-state index in [1.54, 1.807) is 16.4 Å². The molecule has 4 aromatic rings. The molecule has 0 aliphatic rings. The summed E-state index contributed by atoms with van der Waals surface area (Å²) in [6.45, 7) is 0. The van der Waals surface area contributed by atoms with Crippen LogP contribution < -0.4 is 0 Å². The molecule has 0 spiro atoms. The number of fused-ring (bicyclic) bond motifs is 1. The third kappa shape index (κ3) is 3.00. The van der Waals surface area contributed by atoms with Crippen LogP contribution in [-0.2, 0) is 11.5 Å². The molecule has 0 saturated carbocycles. The molecule has 2 aromatic carbocycles. The van der Waals surface area contributed by atoms with Crippen LogP contribution >= 0.6 is 11.8 Å². The fourth-order valence-corrected chi connectivity index (χ4v) is 3.52. The van der Waals surface area contributed by atoms with Gasteiger partial charge >= 0.3 is 0 Å². The van der Waals surface area contributed by atoms with E-state index in [0.717, 1.165) is 28.5 Å². The fourth-order valence-electron chi connectivity index (χ4n) is 2.60. The SMILES string of the molecule is c1ccc(-n2nnnc2CSCc2cccc3cccnc23)cc1. The van der Waals surface area contributed by atoms with Crippen molar-refractivity contribution in [2.45, 2.75) is 11.5 Å². The van der Waals surface area contributed by atoms with Crippen molar-refractivity contribution in [1.29, 1.82) is 0 Å². The summed E-state index contributed by atoms with van der Waals surface area (Å²) < 4.78 is 1.79. The van der Waals surface area contributed by atoms with Gasteiger partial charge < -0.3 is 0 Å². The minimum atomic E-state index is 0.741. The Hall–Kier alpha value is -2.73. The van der Waals surface area contributed by atoms with Crippen LogP contribution in [-0.4, -0.2) is 25.2 Å². The first-order valence-corrected chi connectivity index (χ1v) is 8.80. The van der Waals surface area contributed by atoms with Gasteiger partial charge in [-0.3, -0.25) is 4.98 Å². The largest absolute Gasteiger partial charge is 0.256 e. The van der Waals surface area contributed by atoms with Crippen LogP contribution in [0.15, 0.2) is 66.9 Å². The number of hydrogen-bond acceptors (Lipinski definition) is 5.